The standard InChI is InChI=1S/C26H29ClN2O3S/c1-16-12-21(22(27)13-24(16)32-5)25-17(2)33-26(29-25)23(28)11-10-20(15-31-4)19-8-6-18(7-9-19)14-30-3/h6-9,12-13,20,23H,14-15,28H2,1-5H3/t20-,23?/m1/s1. The van der Waals surface area contributed by atoms with E-state index in [-0.39, 0.29) is 5.92 Å². The second-order valence-corrected chi connectivity index (χ2v) is 9.35. The molecule has 1 heterocycles. The molecule has 3 aromatic rings. The smallest absolute Gasteiger partial charge is 0.123 e. The molecule has 2 aromatic carbocycles. The third-order valence-electron chi connectivity index (χ3n) is 5.26. The van der Waals surface area contributed by atoms with Gasteiger partial charge in [0.25, 0.3) is 0 Å². The highest BCUT2D eigenvalue weighted by atomic mass is 35.5. The normalized spacial score (nSPS) is 12.7. The minimum Gasteiger partial charge on any atom is -0.496 e. The van der Waals surface area contributed by atoms with Gasteiger partial charge in [0.2, 0.25) is 0 Å². The Morgan fingerprint density at radius 3 is 2.42 bits per heavy atom. The van der Waals surface area contributed by atoms with Crippen LogP contribution in [-0.2, 0) is 16.1 Å². The minimum atomic E-state index is -0.507. The molecule has 0 aliphatic heterocycles. The molecule has 0 spiro atoms. The van der Waals surface area contributed by atoms with Gasteiger partial charge >= 0.3 is 0 Å². The number of hydrogen-bond acceptors (Lipinski definition) is 6. The first kappa shape index (κ1) is 25.2. The van der Waals surface area contributed by atoms with Gasteiger partial charge in [-0.2, -0.15) is 0 Å². The summed E-state index contributed by atoms with van der Waals surface area (Å²) in [4.78, 5) is 5.82. The largest absolute Gasteiger partial charge is 0.496 e. The fourth-order valence-electron chi connectivity index (χ4n) is 3.52. The van der Waals surface area contributed by atoms with Crippen LogP contribution in [0, 0.1) is 25.7 Å². The van der Waals surface area contributed by atoms with E-state index in [4.69, 9.17) is 36.5 Å². The number of thiazole rings is 1. The lowest BCUT2D eigenvalue weighted by atomic mass is 9.99. The van der Waals surface area contributed by atoms with Gasteiger partial charge in [-0.1, -0.05) is 47.7 Å². The maximum Gasteiger partial charge on any atom is 0.123 e. The molecule has 7 heteroatoms. The van der Waals surface area contributed by atoms with Gasteiger partial charge in [0.1, 0.15) is 16.8 Å². The third kappa shape index (κ3) is 6.14. The van der Waals surface area contributed by atoms with Crippen LogP contribution in [0.2, 0.25) is 5.02 Å². The zero-order chi connectivity index (χ0) is 24.0. The summed E-state index contributed by atoms with van der Waals surface area (Å²) in [7, 11) is 4.99. The van der Waals surface area contributed by atoms with E-state index in [1.807, 2.05) is 38.1 Å². The van der Waals surface area contributed by atoms with Gasteiger partial charge < -0.3 is 19.9 Å². The molecule has 0 bridgehead atoms. The molecular weight excluding hydrogens is 456 g/mol. The van der Waals surface area contributed by atoms with Gasteiger partial charge in [0.15, 0.2) is 0 Å². The summed E-state index contributed by atoms with van der Waals surface area (Å²) in [5, 5.41) is 1.35. The topological polar surface area (TPSA) is 66.6 Å². The first-order valence-corrected chi connectivity index (χ1v) is 11.7. The van der Waals surface area contributed by atoms with Crippen molar-refractivity contribution in [3.63, 3.8) is 0 Å². The van der Waals surface area contributed by atoms with Crippen LogP contribution in [0.5, 0.6) is 5.75 Å². The zero-order valence-electron chi connectivity index (χ0n) is 19.6. The average Bonchev–Trinajstić information content (AvgIpc) is 3.20. The monoisotopic (exact) mass is 484 g/mol. The highest BCUT2D eigenvalue weighted by Gasteiger charge is 2.18. The van der Waals surface area contributed by atoms with Crippen molar-refractivity contribution >= 4 is 22.9 Å². The summed E-state index contributed by atoms with van der Waals surface area (Å²) in [5.41, 5.74) is 11.3. The van der Waals surface area contributed by atoms with Gasteiger partial charge in [-0.05, 0) is 42.7 Å². The second kappa shape index (κ2) is 11.6. The molecular formula is C26H29ClN2O3S. The van der Waals surface area contributed by atoms with E-state index in [0.717, 1.165) is 43.6 Å². The van der Waals surface area contributed by atoms with E-state index < -0.39 is 6.04 Å². The molecule has 2 N–H and O–H groups in total. The summed E-state index contributed by atoms with van der Waals surface area (Å²) in [6.45, 7) is 5.06. The molecule has 3 rings (SSSR count). The number of aromatic nitrogens is 1. The van der Waals surface area contributed by atoms with Crippen molar-refractivity contribution in [2.24, 2.45) is 5.73 Å². The molecule has 33 heavy (non-hydrogen) atoms. The highest BCUT2D eigenvalue weighted by Crippen LogP contribution is 2.37. The highest BCUT2D eigenvalue weighted by molar-refractivity contribution is 7.12. The fraction of sp³-hybridized carbons (Fsp3) is 0.346. The number of halogens is 1. The quantitative estimate of drug-likeness (QED) is 0.417. The molecule has 174 valence electrons. The predicted molar refractivity (Wildman–Crippen MR) is 135 cm³/mol. The summed E-state index contributed by atoms with van der Waals surface area (Å²) in [5.74, 6) is 7.12. The molecule has 0 aliphatic rings. The Kier molecular flexibility index (Phi) is 8.90. The van der Waals surface area contributed by atoms with Gasteiger partial charge in [0.05, 0.1) is 37.0 Å². The Balaban J connectivity index is 1.85. The van der Waals surface area contributed by atoms with Gasteiger partial charge in [-0.15, -0.1) is 11.3 Å². The van der Waals surface area contributed by atoms with Crippen molar-refractivity contribution in [1.29, 1.82) is 0 Å². The van der Waals surface area contributed by atoms with E-state index in [2.05, 4.69) is 24.0 Å². The van der Waals surface area contributed by atoms with E-state index in [0.29, 0.717) is 18.2 Å². The summed E-state index contributed by atoms with van der Waals surface area (Å²) >= 11 is 8.05. The molecule has 0 saturated heterocycles. The van der Waals surface area contributed by atoms with Crippen molar-refractivity contribution in [3.05, 3.63) is 68.0 Å². The first-order chi connectivity index (χ1) is 15.9. The fourth-order valence-corrected chi connectivity index (χ4v) is 4.65. The lowest BCUT2D eigenvalue weighted by Crippen LogP contribution is -2.09. The average molecular weight is 485 g/mol. The Hall–Kier alpha value is -2.40. The van der Waals surface area contributed by atoms with Crippen molar-refractivity contribution < 1.29 is 14.2 Å². The zero-order valence-corrected chi connectivity index (χ0v) is 21.1. The Morgan fingerprint density at radius 1 is 1.06 bits per heavy atom. The van der Waals surface area contributed by atoms with Crippen LogP contribution >= 0.6 is 22.9 Å². The molecule has 0 aliphatic carbocycles. The van der Waals surface area contributed by atoms with E-state index in [1.165, 1.54) is 11.3 Å². The third-order valence-corrected chi connectivity index (χ3v) is 6.62. The van der Waals surface area contributed by atoms with Crippen molar-refractivity contribution in [2.75, 3.05) is 27.9 Å². The van der Waals surface area contributed by atoms with E-state index in [1.54, 1.807) is 21.3 Å². The van der Waals surface area contributed by atoms with Gasteiger partial charge in [-0.25, -0.2) is 4.98 Å². The lowest BCUT2D eigenvalue weighted by molar-refractivity contribution is 0.184. The van der Waals surface area contributed by atoms with Crippen LogP contribution < -0.4 is 10.5 Å². The number of nitrogens with zero attached hydrogens (tertiary/aromatic N) is 1. The van der Waals surface area contributed by atoms with Crippen LogP contribution in [-0.4, -0.2) is 32.9 Å². The van der Waals surface area contributed by atoms with Gasteiger partial charge in [0, 0.05) is 24.7 Å². The molecule has 1 aromatic heterocycles. The number of methoxy groups -OCH3 is 3. The van der Waals surface area contributed by atoms with Crippen LogP contribution in [0.3, 0.4) is 0 Å². The Bertz CT molecular complexity index is 1150. The number of ether oxygens (including phenoxy) is 3. The van der Waals surface area contributed by atoms with E-state index >= 15 is 0 Å². The predicted octanol–water partition coefficient (Wildman–Crippen LogP) is 5.67. The van der Waals surface area contributed by atoms with Crippen LogP contribution in [0.25, 0.3) is 11.3 Å². The van der Waals surface area contributed by atoms with Crippen molar-refractivity contribution in [3.8, 4) is 28.8 Å². The van der Waals surface area contributed by atoms with Crippen LogP contribution in [0.4, 0.5) is 0 Å². The number of aryl methyl sites for hydroxylation is 2. The van der Waals surface area contributed by atoms with Gasteiger partial charge in [-0.3, -0.25) is 0 Å². The number of nitrogens with two attached hydrogens (primary N) is 1. The number of benzene rings is 2. The number of rotatable bonds is 8. The molecule has 1 unspecified atom stereocenters. The summed E-state index contributed by atoms with van der Waals surface area (Å²) in [6.07, 6.45) is 0. The van der Waals surface area contributed by atoms with Crippen molar-refractivity contribution in [2.45, 2.75) is 32.4 Å². The first-order valence-electron chi connectivity index (χ1n) is 10.5. The molecule has 0 saturated carbocycles. The SMILES string of the molecule is COCc1ccc([C@H](C#CC(N)c2nc(-c3cc(C)c(OC)cc3Cl)c(C)s2)COC)cc1. The summed E-state index contributed by atoms with van der Waals surface area (Å²) < 4.78 is 15.9. The summed E-state index contributed by atoms with van der Waals surface area (Å²) in [6, 6.07) is 11.5. The number of hydrogen-bond donors (Lipinski definition) is 1. The molecule has 2 atom stereocenters. The van der Waals surface area contributed by atoms with E-state index in [9.17, 15) is 0 Å². The maximum absolute atomic E-state index is 6.52. The Labute approximate surface area is 204 Å². The van der Waals surface area contributed by atoms with Crippen LogP contribution in [0.15, 0.2) is 36.4 Å². The molecule has 0 fully saturated rings. The second-order valence-electron chi connectivity index (χ2n) is 7.71. The van der Waals surface area contributed by atoms with Crippen molar-refractivity contribution in [1.82, 2.24) is 4.98 Å². The molecule has 0 amide bonds. The maximum atomic E-state index is 6.52. The molecule has 0 radical (unpaired) electrons. The van der Waals surface area contributed by atoms with Crippen LogP contribution in [0.1, 0.15) is 38.5 Å². The minimum absolute atomic E-state index is 0.0862. The lowest BCUT2D eigenvalue weighted by Gasteiger charge is -2.11. The molecule has 5 nitrogen and oxygen atoms in total. The Morgan fingerprint density at radius 2 is 1.79 bits per heavy atom.